The van der Waals surface area contributed by atoms with E-state index in [1.807, 2.05) is 18.7 Å². The maximum atomic E-state index is 10.5. The fraction of sp³-hybridized carbons (Fsp3) is 0.778. The third-order valence-electron chi connectivity index (χ3n) is 2.22. The van der Waals surface area contributed by atoms with Crippen molar-refractivity contribution in [2.24, 2.45) is 0 Å². The Bertz CT molecular complexity index is 242. The van der Waals surface area contributed by atoms with E-state index in [-0.39, 0.29) is 12.5 Å². The van der Waals surface area contributed by atoms with Crippen molar-refractivity contribution in [3.8, 4) is 0 Å². The second-order valence-electron chi connectivity index (χ2n) is 3.68. The molecule has 0 radical (unpaired) electrons. The lowest BCUT2D eigenvalue weighted by Crippen LogP contribution is -2.45. The fourth-order valence-electron chi connectivity index (χ4n) is 1.45. The molecule has 1 heterocycles. The van der Waals surface area contributed by atoms with Gasteiger partial charge in [-0.2, -0.15) is 0 Å². The number of carbonyl (C=O) groups is 1. The molecule has 0 spiro atoms. The van der Waals surface area contributed by atoms with E-state index in [1.54, 1.807) is 0 Å². The van der Waals surface area contributed by atoms with Crippen molar-refractivity contribution >= 4 is 23.4 Å². The van der Waals surface area contributed by atoms with Crippen LogP contribution in [0.3, 0.4) is 0 Å². The largest absolute Gasteiger partial charge is 0.481 e. The maximum absolute atomic E-state index is 10.5. The fourth-order valence-corrected chi connectivity index (χ4v) is 1.89. The van der Waals surface area contributed by atoms with Crippen molar-refractivity contribution in [1.29, 1.82) is 0 Å². The number of hydrogen-bond donors (Lipinski definition) is 1. The zero-order chi connectivity index (χ0) is 10.7. The van der Waals surface area contributed by atoms with Crippen molar-refractivity contribution in [1.82, 2.24) is 4.90 Å². The highest BCUT2D eigenvalue weighted by Crippen LogP contribution is 2.17. The quantitative estimate of drug-likeness (QED) is 0.721. The Kier molecular flexibility index (Phi) is 3.69. The molecule has 14 heavy (non-hydrogen) atoms. The van der Waals surface area contributed by atoms with Crippen LogP contribution in [-0.2, 0) is 9.53 Å². The minimum atomic E-state index is -0.837. The van der Waals surface area contributed by atoms with Gasteiger partial charge in [0.25, 0.3) is 5.17 Å². The second-order valence-corrected chi connectivity index (χ2v) is 4.03. The van der Waals surface area contributed by atoms with Gasteiger partial charge in [-0.1, -0.05) is 0 Å². The third-order valence-corrected chi connectivity index (χ3v) is 2.55. The highest BCUT2D eigenvalue weighted by atomic mass is 32.1. The zero-order valence-corrected chi connectivity index (χ0v) is 9.21. The Morgan fingerprint density at radius 1 is 1.79 bits per heavy atom. The van der Waals surface area contributed by atoms with Crippen LogP contribution >= 0.6 is 12.2 Å². The summed E-state index contributed by atoms with van der Waals surface area (Å²) in [4.78, 5) is 12.4. The number of hydrogen-bond acceptors (Lipinski definition) is 3. The first kappa shape index (κ1) is 11.2. The molecule has 5 heteroatoms. The van der Waals surface area contributed by atoms with Crippen LogP contribution in [0.2, 0.25) is 0 Å². The molecule has 0 saturated carbocycles. The predicted molar refractivity (Wildman–Crippen MR) is 56.2 cm³/mol. The molecule has 1 atom stereocenters. The van der Waals surface area contributed by atoms with E-state index in [2.05, 4.69) is 0 Å². The van der Waals surface area contributed by atoms with Gasteiger partial charge in [0, 0.05) is 19.0 Å². The van der Waals surface area contributed by atoms with Crippen LogP contribution < -0.4 is 0 Å². The number of rotatable bonds is 3. The second kappa shape index (κ2) is 4.59. The summed E-state index contributed by atoms with van der Waals surface area (Å²) >= 11 is 5.04. The summed E-state index contributed by atoms with van der Waals surface area (Å²) in [6.07, 6.45) is 0.506. The predicted octanol–water partition coefficient (Wildman–Crippen LogP) is 1.25. The summed E-state index contributed by atoms with van der Waals surface area (Å²) in [6.45, 7) is 4.86. The Hall–Kier alpha value is -0.840. The summed E-state index contributed by atoms with van der Waals surface area (Å²) in [6, 6.07) is 0.313. The summed E-state index contributed by atoms with van der Waals surface area (Å²) in [5, 5.41) is 9.02. The van der Waals surface area contributed by atoms with Gasteiger partial charge in [0.1, 0.15) is 6.10 Å². The SMILES string of the molecule is CC(C)N1CCC(CC(=O)O)OC1=S. The highest BCUT2D eigenvalue weighted by molar-refractivity contribution is 7.80. The normalized spacial score (nSPS) is 22.4. The number of nitrogens with zero attached hydrogens (tertiary/aromatic N) is 1. The van der Waals surface area contributed by atoms with E-state index in [9.17, 15) is 4.79 Å². The van der Waals surface area contributed by atoms with Gasteiger partial charge < -0.3 is 14.7 Å². The van der Waals surface area contributed by atoms with Crippen molar-refractivity contribution in [2.45, 2.75) is 38.8 Å². The van der Waals surface area contributed by atoms with Crippen molar-refractivity contribution in [3.63, 3.8) is 0 Å². The van der Waals surface area contributed by atoms with E-state index in [1.165, 1.54) is 0 Å². The molecule has 0 aromatic carbocycles. The van der Waals surface area contributed by atoms with Crippen molar-refractivity contribution < 1.29 is 14.6 Å². The maximum Gasteiger partial charge on any atom is 0.307 e. The lowest BCUT2D eigenvalue weighted by atomic mass is 10.1. The number of aliphatic carboxylic acids is 1. The Labute approximate surface area is 88.8 Å². The average Bonchev–Trinajstić information content (AvgIpc) is 2.01. The van der Waals surface area contributed by atoms with Crippen LogP contribution in [0.15, 0.2) is 0 Å². The van der Waals surface area contributed by atoms with E-state index >= 15 is 0 Å². The lowest BCUT2D eigenvalue weighted by molar-refractivity contribution is -0.139. The van der Waals surface area contributed by atoms with Crippen LogP contribution in [-0.4, -0.2) is 39.8 Å². The molecule has 0 aromatic heterocycles. The standard InChI is InChI=1S/C9H15NO3S/c1-6(2)10-4-3-7(5-8(11)12)13-9(10)14/h6-7H,3-5H2,1-2H3,(H,11,12). The van der Waals surface area contributed by atoms with E-state index < -0.39 is 5.97 Å². The molecule has 1 aliphatic heterocycles. The van der Waals surface area contributed by atoms with Crippen LogP contribution in [0.1, 0.15) is 26.7 Å². The summed E-state index contributed by atoms with van der Waals surface area (Å²) < 4.78 is 5.35. The minimum Gasteiger partial charge on any atom is -0.481 e. The minimum absolute atomic E-state index is 0.0338. The summed E-state index contributed by atoms with van der Waals surface area (Å²) in [5.41, 5.74) is 0. The van der Waals surface area contributed by atoms with Crippen LogP contribution in [0.25, 0.3) is 0 Å². The Balaban J connectivity index is 2.47. The first-order valence-electron chi connectivity index (χ1n) is 4.69. The number of thiocarbonyl (C=S) groups is 1. The first-order valence-corrected chi connectivity index (χ1v) is 5.10. The molecule has 1 saturated heterocycles. The highest BCUT2D eigenvalue weighted by Gasteiger charge is 2.27. The van der Waals surface area contributed by atoms with Gasteiger partial charge in [-0.3, -0.25) is 4.79 Å². The van der Waals surface area contributed by atoms with Gasteiger partial charge in [-0.15, -0.1) is 0 Å². The molecule has 1 rings (SSSR count). The van der Waals surface area contributed by atoms with E-state index in [0.717, 1.165) is 13.0 Å². The molecular weight excluding hydrogens is 202 g/mol. The molecule has 4 nitrogen and oxygen atoms in total. The molecule has 0 aliphatic carbocycles. The van der Waals surface area contributed by atoms with Gasteiger partial charge >= 0.3 is 5.97 Å². The number of ether oxygens (including phenoxy) is 1. The Morgan fingerprint density at radius 2 is 2.43 bits per heavy atom. The van der Waals surface area contributed by atoms with Crippen molar-refractivity contribution in [3.05, 3.63) is 0 Å². The molecule has 1 fully saturated rings. The van der Waals surface area contributed by atoms with Gasteiger partial charge in [0.05, 0.1) is 6.42 Å². The van der Waals surface area contributed by atoms with E-state index in [0.29, 0.717) is 11.2 Å². The lowest BCUT2D eigenvalue weighted by Gasteiger charge is -2.36. The van der Waals surface area contributed by atoms with Crippen LogP contribution in [0.4, 0.5) is 0 Å². The van der Waals surface area contributed by atoms with Gasteiger partial charge in [0.2, 0.25) is 0 Å². The number of carboxylic acid groups (broad SMARTS) is 1. The number of carboxylic acids is 1. The monoisotopic (exact) mass is 217 g/mol. The molecular formula is C9H15NO3S. The molecule has 80 valence electrons. The molecule has 1 aliphatic rings. The van der Waals surface area contributed by atoms with E-state index in [4.69, 9.17) is 22.1 Å². The molecule has 1 unspecified atom stereocenters. The van der Waals surface area contributed by atoms with Gasteiger partial charge in [-0.05, 0) is 26.1 Å². The summed E-state index contributed by atoms with van der Waals surface area (Å²) in [7, 11) is 0. The molecule has 0 aromatic rings. The average molecular weight is 217 g/mol. The molecule has 1 N–H and O–H groups in total. The molecule has 0 amide bonds. The zero-order valence-electron chi connectivity index (χ0n) is 8.40. The Morgan fingerprint density at radius 3 is 2.86 bits per heavy atom. The topological polar surface area (TPSA) is 49.8 Å². The van der Waals surface area contributed by atoms with Gasteiger partial charge in [-0.25, -0.2) is 0 Å². The van der Waals surface area contributed by atoms with Crippen LogP contribution in [0.5, 0.6) is 0 Å². The first-order chi connectivity index (χ1) is 6.50. The van der Waals surface area contributed by atoms with Crippen LogP contribution in [0, 0.1) is 0 Å². The third kappa shape index (κ3) is 2.83. The van der Waals surface area contributed by atoms with Gasteiger partial charge in [0.15, 0.2) is 0 Å². The van der Waals surface area contributed by atoms with Crippen molar-refractivity contribution in [2.75, 3.05) is 6.54 Å². The smallest absolute Gasteiger partial charge is 0.307 e. The molecule has 0 bridgehead atoms. The summed E-state index contributed by atoms with van der Waals surface area (Å²) in [5.74, 6) is -0.837.